The van der Waals surface area contributed by atoms with E-state index in [1.165, 1.54) is 16.8 Å². The molecule has 0 aromatic carbocycles. The summed E-state index contributed by atoms with van der Waals surface area (Å²) in [7, 11) is -3.64. The molecule has 3 heterocycles. The van der Waals surface area contributed by atoms with Crippen molar-refractivity contribution in [2.75, 3.05) is 13.1 Å². The molecule has 1 aliphatic heterocycles. The van der Waals surface area contributed by atoms with Crippen molar-refractivity contribution in [3.8, 4) is 0 Å². The maximum Gasteiger partial charge on any atom is 0.433 e. The van der Waals surface area contributed by atoms with Crippen molar-refractivity contribution in [2.45, 2.75) is 30.6 Å². The lowest BCUT2D eigenvalue weighted by Crippen LogP contribution is -2.40. The van der Waals surface area contributed by atoms with Crippen LogP contribution in [0.5, 0.6) is 0 Å². The standard InChI is InChI=1S/C14H16F3N5O3S/c15-14(16,17)11-5-13(23)21(9-20-11)7-10-1-3-22(4-2-10)26(24,25)12-6-18-8-19-12/h5-6,8-10H,1-4,7H2,(H,18,19). The molecular weight excluding hydrogens is 375 g/mol. The maximum absolute atomic E-state index is 12.5. The number of halogens is 3. The van der Waals surface area contributed by atoms with Crippen LogP contribution in [0.2, 0.25) is 0 Å². The number of imidazole rings is 1. The van der Waals surface area contributed by atoms with E-state index in [9.17, 15) is 26.4 Å². The number of piperidine rings is 1. The molecule has 142 valence electrons. The molecule has 12 heteroatoms. The number of hydrogen-bond donors (Lipinski definition) is 1. The second-order valence-electron chi connectivity index (χ2n) is 6.03. The lowest BCUT2D eigenvalue weighted by atomic mass is 9.98. The molecule has 8 nitrogen and oxygen atoms in total. The van der Waals surface area contributed by atoms with E-state index in [0.29, 0.717) is 18.9 Å². The van der Waals surface area contributed by atoms with Gasteiger partial charge in [0.1, 0.15) is 0 Å². The fourth-order valence-electron chi connectivity index (χ4n) is 2.85. The summed E-state index contributed by atoms with van der Waals surface area (Å²) in [6, 6.07) is 0.470. The van der Waals surface area contributed by atoms with E-state index in [-0.39, 0.29) is 30.6 Å². The normalized spacial score (nSPS) is 17.5. The molecule has 1 aliphatic rings. The highest BCUT2D eigenvalue weighted by atomic mass is 32.2. The van der Waals surface area contributed by atoms with Crippen LogP contribution in [-0.4, -0.2) is 45.3 Å². The Hall–Kier alpha value is -2.21. The predicted molar refractivity (Wildman–Crippen MR) is 83.6 cm³/mol. The summed E-state index contributed by atoms with van der Waals surface area (Å²) >= 11 is 0. The van der Waals surface area contributed by atoms with Crippen LogP contribution in [0.1, 0.15) is 18.5 Å². The fourth-order valence-corrected chi connectivity index (χ4v) is 4.22. The molecule has 2 aromatic heterocycles. The molecule has 1 fully saturated rings. The minimum absolute atomic E-state index is 0.0131. The van der Waals surface area contributed by atoms with Crippen molar-refractivity contribution < 1.29 is 21.6 Å². The molecule has 0 amide bonds. The van der Waals surface area contributed by atoms with E-state index in [2.05, 4.69) is 15.0 Å². The summed E-state index contributed by atoms with van der Waals surface area (Å²) in [6.07, 6.45) is -0.288. The Labute approximate surface area is 146 Å². The highest BCUT2D eigenvalue weighted by Crippen LogP contribution is 2.26. The van der Waals surface area contributed by atoms with Gasteiger partial charge in [-0.3, -0.25) is 9.36 Å². The van der Waals surface area contributed by atoms with E-state index >= 15 is 0 Å². The van der Waals surface area contributed by atoms with Gasteiger partial charge in [-0.05, 0) is 18.8 Å². The average molecular weight is 391 g/mol. The smallest absolute Gasteiger partial charge is 0.335 e. The molecule has 0 aliphatic carbocycles. The number of nitrogens with zero attached hydrogens (tertiary/aromatic N) is 4. The summed E-state index contributed by atoms with van der Waals surface area (Å²) in [6.45, 7) is 0.714. The molecule has 3 rings (SSSR count). The SMILES string of the molecule is O=c1cc(C(F)(F)F)ncn1CC1CCN(S(=O)(=O)c2cnc[nH]2)CC1. The number of aromatic amines is 1. The highest BCUT2D eigenvalue weighted by molar-refractivity contribution is 7.89. The fraction of sp³-hybridized carbons (Fsp3) is 0.500. The second kappa shape index (κ2) is 6.83. The molecule has 0 atom stereocenters. The Morgan fingerprint density at radius 1 is 1.27 bits per heavy atom. The van der Waals surface area contributed by atoms with E-state index in [4.69, 9.17) is 0 Å². The van der Waals surface area contributed by atoms with E-state index in [0.717, 1.165) is 10.9 Å². The molecular formula is C14H16F3N5O3S. The third-order valence-electron chi connectivity index (χ3n) is 4.29. The van der Waals surface area contributed by atoms with Crippen LogP contribution in [0.25, 0.3) is 0 Å². The van der Waals surface area contributed by atoms with Crippen molar-refractivity contribution in [1.82, 2.24) is 23.8 Å². The Kier molecular flexibility index (Phi) is 4.88. The number of nitrogens with one attached hydrogen (secondary N) is 1. The van der Waals surface area contributed by atoms with Crippen LogP contribution in [0.3, 0.4) is 0 Å². The molecule has 0 bridgehead atoms. The van der Waals surface area contributed by atoms with E-state index < -0.39 is 27.5 Å². The predicted octanol–water partition coefficient (Wildman–Crippen LogP) is 1.09. The summed E-state index contributed by atoms with van der Waals surface area (Å²) in [5, 5.41) is 0.0131. The van der Waals surface area contributed by atoms with Gasteiger partial charge in [0.15, 0.2) is 10.7 Å². The van der Waals surface area contributed by atoms with Crippen LogP contribution < -0.4 is 5.56 Å². The highest BCUT2D eigenvalue weighted by Gasteiger charge is 2.33. The first-order chi connectivity index (χ1) is 12.2. The first-order valence-electron chi connectivity index (χ1n) is 7.80. The number of rotatable bonds is 4. The molecule has 2 aromatic rings. The lowest BCUT2D eigenvalue weighted by molar-refractivity contribution is -0.141. The molecule has 0 spiro atoms. The van der Waals surface area contributed by atoms with Crippen molar-refractivity contribution in [2.24, 2.45) is 5.92 Å². The summed E-state index contributed by atoms with van der Waals surface area (Å²) in [5.74, 6) is -0.0283. The van der Waals surface area contributed by atoms with Crippen LogP contribution >= 0.6 is 0 Å². The minimum atomic E-state index is -4.66. The van der Waals surface area contributed by atoms with Gasteiger partial charge in [0.05, 0.1) is 18.9 Å². The van der Waals surface area contributed by atoms with E-state index in [1.54, 1.807) is 0 Å². The number of sulfonamides is 1. The Morgan fingerprint density at radius 2 is 1.96 bits per heavy atom. The molecule has 26 heavy (non-hydrogen) atoms. The second-order valence-corrected chi connectivity index (χ2v) is 7.93. The van der Waals surface area contributed by atoms with Crippen LogP contribution in [0.15, 0.2) is 34.7 Å². The number of hydrogen-bond acceptors (Lipinski definition) is 5. The van der Waals surface area contributed by atoms with Crippen molar-refractivity contribution >= 4 is 10.0 Å². The third kappa shape index (κ3) is 3.80. The van der Waals surface area contributed by atoms with Gasteiger partial charge in [0.2, 0.25) is 0 Å². The van der Waals surface area contributed by atoms with Crippen LogP contribution in [-0.2, 0) is 22.7 Å². The van der Waals surface area contributed by atoms with Gasteiger partial charge in [0, 0.05) is 25.7 Å². The molecule has 0 unspecified atom stereocenters. The largest absolute Gasteiger partial charge is 0.433 e. The van der Waals surface area contributed by atoms with Gasteiger partial charge in [-0.1, -0.05) is 0 Å². The van der Waals surface area contributed by atoms with Crippen LogP contribution in [0, 0.1) is 5.92 Å². The average Bonchev–Trinajstić information content (AvgIpc) is 3.11. The first-order valence-corrected chi connectivity index (χ1v) is 9.24. The Balaban J connectivity index is 1.64. The number of aromatic nitrogens is 4. The number of alkyl halides is 3. The molecule has 0 radical (unpaired) electrons. The van der Waals surface area contributed by atoms with Crippen LogP contribution in [0.4, 0.5) is 13.2 Å². The number of H-pyrrole nitrogens is 1. The van der Waals surface area contributed by atoms with E-state index in [1.807, 2.05) is 0 Å². The summed E-state index contributed by atoms with van der Waals surface area (Å²) in [4.78, 5) is 21.4. The van der Waals surface area contributed by atoms with Crippen molar-refractivity contribution in [1.29, 1.82) is 0 Å². The molecule has 1 saturated heterocycles. The first kappa shape index (κ1) is 18.6. The topological polar surface area (TPSA) is 101 Å². The van der Waals surface area contributed by atoms with Gasteiger partial charge in [-0.2, -0.15) is 17.5 Å². The molecule has 0 saturated carbocycles. The third-order valence-corrected chi connectivity index (χ3v) is 6.11. The van der Waals surface area contributed by atoms with Gasteiger partial charge in [-0.25, -0.2) is 18.4 Å². The van der Waals surface area contributed by atoms with Crippen molar-refractivity contribution in [3.63, 3.8) is 0 Å². The molecule has 1 N–H and O–H groups in total. The van der Waals surface area contributed by atoms with Gasteiger partial charge in [0.25, 0.3) is 15.6 Å². The zero-order chi connectivity index (χ0) is 18.9. The maximum atomic E-state index is 12.5. The summed E-state index contributed by atoms with van der Waals surface area (Å²) < 4.78 is 64.9. The Bertz CT molecular complexity index is 916. The monoisotopic (exact) mass is 391 g/mol. The van der Waals surface area contributed by atoms with Gasteiger partial charge < -0.3 is 4.98 Å². The summed E-state index contributed by atoms with van der Waals surface area (Å²) in [5.41, 5.74) is -2.00. The Morgan fingerprint density at radius 3 is 2.50 bits per heavy atom. The van der Waals surface area contributed by atoms with Crippen molar-refractivity contribution in [3.05, 3.63) is 41.0 Å². The zero-order valence-electron chi connectivity index (χ0n) is 13.5. The quantitative estimate of drug-likeness (QED) is 0.841. The minimum Gasteiger partial charge on any atom is -0.335 e. The van der Waals surface area contributed by atoms with Gasteiger partial charge in [-0.15, -0.1) is 0 Å². The van der Waals surface area contributed by atoms with Gasteiger partial charge >= 0.3 is 6.18 Å². The lowest BCUT2D eigenvalue weighted by Gasteiger charge is -2.30. The zero-order valence-corrected chi connectivity index (χ0v) is 14.3.